The molecule has 2 atom stereocenters. The molecule has 1 rings (SSSR count). The van der Waals surface area contributed by atoms with Crippen molar-refractivity contribution in [2.24, 2.45) is 22.7 Å². The van der Waals surface area contributed by atoms with Crippen LogP contribution >= 0.6 is 0 Å². The van der Waals surface area contributed by atoms with Crippen LogP contribution in [0.4, 0.5) is 0 Å². The third-order valence-corrected chi connectivity index (χ3v) is 4.37. The average Bonchev–Trinajstić information content (AvgIpc) is 2.25. The second-order valence-corrected chi connectivity index (χ2v) is 7.42. The van der Waals surface area contributed by atoms with Crippen LogP contribution in [-0.2, 0) is 4.79 Å². The lowest BCUT2D eigenvalue weighted by molar-refractivity contribution is -0.152. The first kappa shape index (κ1) is 15.5. The molecule has 1 aliphatic heterocycles. The molecule has 0 amide bonds. The van der Waals surface area contributed by atoms with Crippen molar-refractivity contribution in [1.82, 2.24) is 5.32 Å². The summed E-state index contributed by atoms with van der Waals surface area (Å²) < 4.78 is 0. The van der Waals surface area contributed by atoms with E-state index in [2.05, 4.69) is 39.9 Å². The minimum Gasteiger partial charge on any atom is -0.481 e. The molecule has 2 N–H and O–H groups in total. The van der Waals surface area contributed by atoms with Crippen LogP contribution in [0, 0.1) is 22.7 Å². The van der Waals surface area contributed by atoms with E-state index in [9.17, 15) is 9.90 Å². The van der Waals surface area contributed by atoms with Gasteiger partial charge in [-0.2, -0.15) is 0 Å². The van der Waals surface area contributed by atoms with E-state index in [0.717, 1.165) is 25.8 Å². The molecule has 0 aromatic rings. The molecule has 1 saturated heterocycles. The maximum atomic E-state index is 11.7. The Hall–Kier alpha value is -0.570. The van der Waals surface area contributed by atoms with Crippen molar-refractivity contribution in [3.05, 3.63) is 0 Å². The molecular weight excluding hydrogens is 226 g/mol. The second kappa shape index (κ2) is 5.60. The highest BCUT2D eigenvalue weighted by molar-refractivity contribution is 5.75. The van der Waals surface area contributed by atoms with Gasteiger partial charge in [0.25, 0.3) is 0 Å². The van der Waals surface area contributed by atoms with Crippen molar-refractivity contribution < 1.29 is 9.90 Å². The minimum atomic E-state index is -0.621. The highest BCUT2D eigenvalue weighted by Gasteiger charge is 2.45. The molecule has 0 aliphatic carbocycles. The monoisotopic (exact) mass is 255 g/mol. The number of carbonyl (C=O) groups is 1. The zero-order valence-electron chi connectivity index (χ0n) is 12.5. The third-order valence-electron chi connectivity index (χ3n) is 4.37. The van der Waals surface area contributed by atoms with Gasteiger partial charge < -0.3 is 10.4 Å². The van der Waals surface area contributed by atoms with Gasteiger partial charge in [-0.1, -0.05) is 34.6 Å². The zero-order chi connectivity index (χ0) is 14.0. The van der Waals surface area contributed by atoms with Gasteiger partial charge in [-0.05, 0) is 43.1 Å². The number of hydrogen-bond acceptors (Lipinski definition) is 2. The van der Waals surface area contributed by atoms with Crippen molar-refractivity contribution in [3.8, 4) is 0 Å². The lowest BCUT2D eigenvalue weighted by atomic mass is 9.65. The summed E-state index contributed by atoms with van der Waals surface area (Å²) in [5.74, 6) is 0.385. The first-order valence-corrected chi connectivity index (χ1v) is 7.11. The Labute approximate surface area is 111 Å². The molecule has 0 aromatic heterocycles. The van der Waals surface area contributed by atoms with E-state index in [1.54, 1.807) is 0 Å². The Morgan fingerprint density at radius 1 is 1.44 bits per heavy atom. The van der Waals surface area contributed by atoms with Gasteiger partial charge in [0.2, 0.25) is 0 Å². The van der Waals surface area contributed by atoms with E-state index in [0.29, 0.717) is 18.4 Å². The SMILES string of the molecule is CC(C)CC[C@]1(C(=O)O)CNC[C@H](C(C)(C)C)C1. The van der Waals surface area contributed by atoms with Gasteiger partial charge >= 0.3 is 5.97 Å². The molecule has 1 heterocycles. The Balaban J connectivity index is 2.81. The van der Waals surface area contributed by atoms with Gasteiger partial charge in [-0.25, -0.2) is 0 Å². The highest BCUT2D eigenvalue weighted by Crippen LogP contribution is 2.41. The zero-order valence-corrected chi connectivity index (χ0v) is 12.5. The summed E-state index contributed by atoms with van der Waals surface area (Å²) in [6.45, 7) is 12.5. The normalized spacial score (nSPS) is 29.6. The molecule has 18 heavy (non-hydrogen) atoms. The first-order chi connectivity index (χ1) is 8.17. The van der Waals surface area contributed by atoms with Crippen molar-refractivity contribution in [1.29, 1.82) is 0 Å². The number of aliphatic carboxylic acids is 1. The molecule has 1 fully saturated rings. The summed E-state index contributed by atoms with van der Waals surface area (Å²) in [6, 6.07) is 0. The fourth-order valence-electron chi connectivity index (χ4n) is 2.74. The predicted octanol–water partition coefficient (Wildman–Crippen LogP) is 3.15. The summed E-state index contributed by atoms with van der Waals surface area (Å²) >= 11 is 0. The van der Waals surface area contributed by atoms with Crippen LogP contribution in [0.2, 0.25) is 0 Å². The number of carboxylic acid groups (broad SMARTS) is 1. The van der Waals surface area contributed by atoms with E-state index >= 15 is 0 Å². The Bertz CT molecular complexity index is 293. The smallest absolute Gasteiger partial charge is 0.310 e. The Morgan fingerprint density at radius 2 is 2.06 bits per heavy atom. The van der Waals surface area contributed by atoms with Crippen LogP contribution < -0.4 is 5.32 Å². The molecule has 0 saturated carbocycles. The predicted molar refractivity (Wildman–Crippen MR) is 74.6 cm³/mol. The Kier molecular flexibility index (Phi) is 4.82. The topological polar surface area (TPSA) is 49.3 Å². The van der Waals surface area contributed by atoms with Gasteiger partial charge in [0.15, 0.2) is 0 Å². The van der Waals surface area contributed by atoms with Crippen LogP contribution in [0.3, 0.4) is 0 Å². The van der Waals surface area contributed by atoms with Gasteiger partial charge in [-0.3, -0.25) is 4.79 Å². The molecule has 0 bridgehead atoms. The lowest BCUT2D eigenvalue weighted by Gasteiger charge is -2.43. The molecule has 0 spiro atoms. The van der Waals surface area contributed by atoms with E-state index < -0.39 is 11.4 Å². The Morgan fingerprint density at radius 3 is 2.50 bits per heavy atom. The van der Waals surface area contributed by atoms with Crippen LogP contribution in [0.25, 0.3) is 0 Å². The molecule has 0 radical (unpaired) electrons. The van der Waals surface area contributed by atoms with Gasteiger partial charge in [-0.15, -0.1) is 0 Å². The van der Waals surface area contributed by atoms with E-state index in [-0.39, 0.29) is 5.41 Å². The number of nitrogens with one attached hydrogen (secondary N) is 1. The molecule has 106 valence electrons. The summed E-state index contributed by atoms with van der Waals surface area (Å²) in [7, 11) is 0. The van der Waals surface area contributed by atoms with E-state index in [4.69, 9.17) is 0 Å². The summed E-state index contributed by atoms with van der Waals surface area (Å²) in [5.41, 5.74) is -0.383. The number of rotatable bonds is 4. The molecular formula is C15H29NO2. The van der Waals surface area contributed by atoms with Crippen LogP contribution in [0.1, 0.15) is 53.9 Å². The molecule has 1 aliphatic rings. The van der Waals surface area contributed by atoms with Crippen molar-refractivity contribution in [2.45, 2.75) is 53.9 Å². The fraction of sp³-hybridized carbons (Fsp3) is 0.933. The third kappa shape index (κ3) is 3.71. The van der Waals surface area contributed by atoms with Crippen molar-refractivity contribution in [3.63, 3.8) is 0 Å². The fourth-order valence-corrected chi connectivity index (χ4v) is 2.74. The van der Waals surface area contributed by atoms with E-state index in [1.165, 1.54) is 0 Å². The van der Waals surface area contributed by atoms with E-state index in [1.807, 2.05) is 0 Å². The second-order valence-electron chi connectivity index (χ2n) is 7.42. The van der Waals surface area contributed by atoms with Crippen molar-refractivity contribution >= 4 is 5.97 Å². The number of piperidine rings is 1. The lowest BCUT2D eigenvalue weighted by Crippen LogP contribution is -2.51. The average molecular weight is 255 g/mol. The van der Waals surface area contributed by atoms with Crippen LogP contribution in [0.15, 0.2) is 0 Å². The van der Waals surface area contributed by atoms with Gasteiger partial charge in [0.05, 0.1) is 5.41 Å². The standard InChI is InChI=1S/C15H29NO2/c1-11(2)6-7-15(13(17)18)8-12(9-16-10-15)14(3,4)5/h11-12,16H,6-10H2,1-5H3,(H,17,18)/t12-,15-/m1/s1. The summed E-state index contributed by atoms with van der Waals surface area (Å²) in [4.78, 5) is 11.7. The maximum absolute atomic E-state index is 11.7. The van der Waals surface area contributed by atoms with Crippen molar-refractivity contribution in [2.75, 3.05) is 13.1 Å². The van der Waals surface area contributed by atoms with Gasteiger partial charge in [0, 0.05) is 6.54 Å². The highest BCUT2D eigenvalue weighted by atomic mass is 16.4. The quantitative estimate of drug-likeness (QED) is 0.811. The van der Waals surface area contributed by atoms with Crippen LogP contribution in [-0.4, -0.2) is 24.2 Å². The van der Waals surface area contributed by atoms with Crippen LogP contribution in [0.5, 0.6) is 0 Å². The molecule has 0 unspecified atom stereocenters. The number of hydrogen-bond donors (Lipinski definition) is 2. The summed E-state index contributed by atoms with van der Waals surface area (Å²) in [5, 5.41) is 13.0. The molecule has 3 heteroatoms. The molecule has 3 nitrogen and oxygen atoms in total. The maximum Gasteiger partial charge on any atom is 0.310 e. The van der Waals surface area contributed by atoms with Gasteiger partial charge in [0.1, 0.15) is 0 Å². The largest absolute Gasteiger partial charge is 0.481 e. The number of carboxylic acids is 1. The minimum absolute atomic E-state index is 0.173. The first-order valence-electron chi connectivity index (χ1n) is 7.11. The summed E-state index contributed by atoms with van der Waals surface area (Å²) in [6.07, 6.45) is 2.59. The molecule has 0 aromatic carbocycles.